The molecule has 0 fully saturated rings. The summed E-state index contributed by atoms with van der Waals surface area (Å²) in [7, 11) is 1.63. The van der Waals surface area contributed by atoms with Gasteiger partial charge in [-0.2, -0.15) is 0 Å². The van der Waals surface area contributed by atoms with Crippen molar-refractivity contribution in [1.82, 2.24) is 0 Å². The van der Waals surface area contributed by atoms with Crippen molar-refractivity contribution in [1.29, 1.82) is 0 Å². The molecule has 4 nitrogen and oxygen atoms in total. The van der Waals surface area contributed by atoms with Gasteiger partial charge in [0.25, 0.3) is 0 Å². The molecule has 0 aliphatic heterocycles. The van der Waals surface area contributed by atoms with Crippen molar-refractivity contribution in [3.63, 3.8) is 0 Å². The van der Waals surface area contributed by atoms with E-state index in [1.807, 2.05) is 63.2 Å². The normalized spacial score (nSPS) is 11.7. The molecule has 5 aromatic rings. The summed E-state index contributed by atoms with van der Waals surface area (Å²) < 4.78 is 11.5. The first-order valence-electron chi connectivity index (χ1n) is 11.6. The van der Waals surface area contributed by atoms with E-state index in [1.165, 1.54) is 10.8 Å². The Kier molecular flexibility index (Phi) is 5.87. The van der Waals surface area contributed by atoms with E-state index in [4.69, 9.17) is 9.15 Å². The fraction of sp³-hybridized carbons (Fsp3) is 0.129. The van der Waals surface area contributed by atoms with Gasteiger partial charge in [0.1, 0.15) is 11.3 Å². The Morgan fingerprint density at radius 3 is 2.54 bits per heavy atom. The van der Waals surface area contributed by atoms with E-state index in [0.29, 0.717) is 5.75 Å². The van der Waals surface area contributed by atoms with Gasteiger partial charge in [0.2, 0.25) is 5.91 Å². The number of aryl methyl sites for hydroxylation is 1. The topological polar surface area (TPSA) is 51.5 Å². The summed E-state index contributed by atoms with van der Waals surface area (Å²) in [5.74, 6) is 0.477. The second-order valence-corrected chi connectivity index (χ2v) is 8.82. The van der Waals surface area contributed by atoms with Gasteiger partial charge in [-0.25, -0.2) is 0 Å². The number of carbonyl (C=O) groups is 1. The molecule has 0 spiro atoms. The van der Waals surface area contributed by atoms with Crippen LogP contribution in [0, 0.1) is 13.8 Å². The second-order valence-electron chi connectivity index (χ2n) is 8.82. The first kappa shape index (κ1) is 22.5. The average Bonchev–Trinajstić information content (AvgIpc) is 3.28. The molecular formula is C31H27NO3. The summed E-state index contributed by atoms with van der Waals surface area (Å²) in [4.78, 5) is 12.8. The van der Waals surface area contributed by atoms with Gasteiger partial charge in [-0.15, -0.1) is 0 Å². The van der Waals surface area contributed by atoms with Crippen LogP contribution in [0.2, 0.25) is 0 Å². The van der Waals surface area contributed by atoms with E-state index >= 15 is 0 Å². The highest BCUT2D eigenvalue weighted by Crippen LogP contribution is 2.38. The van der Waals surface area contributed by atoms with Gasteiger partial charge in [0.05, 0.1) is 13.4 Å². The molecule has 0 aliphatic carbocycles. The molecule has 0 saturated heterocycles. The average molecular weight is 462 g/mol. The van der Waals surface area contributed by atoms with Crippen molar-refractivity contribution < 1.29 is 13.9 Å². The highest BCUT2D eigenvalue weighted by Gasteiger charge is 2.15. The van der Waals surface area contributed by atoms with Crippen molar-refractivity contribution in [2.24, 2.45) is 0 Å². The minimum atomic E-state index is -0.180. The standard InChI is InChI=1S/C31H27NO3/c1-19-8-7-11-28(21(19)3)32-31(33)14-20(2)25-16-26-27(18-35-30(26)17-29(25)34-4)24-13-12-22-9-5-6-10-23(22)15-24/h5-18H,1-4H3,(H,32,33)/b20-14+. The molecule has 0 aliphatic rings. The second kappa shape index (κ2) is 9.15. The zero-order valence-electron chi connectivity index (χ0n) is 20.3. The monoisotopic (exact) mass is 461 g/mol. The number of furan rings is 1. The Hall–Kier alpha value is -4.31. The fourth-order valence-corrected chi connectivity index (χ4v) is 4.44. The minimum Gasteiger partial charge on any atom is -0.496 e. The molecule has 1 amide bonds. The van der Waals surface area contributed by atoms with E-state index < -0.39 is 0 Å². The van der Waals surface area contributed by atoms with Crippen LogP contribution in [0.1, 0.15) is 23.6 Å². The van der Waals surface area contributed by atoms with E-state index in [2.05, 4.69) is 35.6 Å². The van der Waals surface area contributed by atoms with Gasteiger partial charge in [0.15, 0.2) is 0 Å². The zero-order chi connectivity index (χ0) is 24.5. The van der Waals surface area contributed by atoms with Gasteiger partial charge in [-0.1, -0.05) is 48.5 Å². The molecule has 0 bridgehead atoms. The summed E-state index contributed by atoms with van der Waals surface area (Å²) in [5, 5.41) is 6.34. The number of amides is 1. The van der Waals surface area contributed by atoms with Gasteiger partial charge < -0.3 is 14.5 Å². The molecule has 0 radical (unpaired) electrons. The molecule has 4 heteroatoms. The predicted octanol–water partition coefficient (Wildman–Crippen LogP) is 7.92. The van der Waals surface area contributed by atoms with E-state index in [9.17, 15) is 4.79 Å². The number of anilines is 1. The van der Waals surface area contributed by atoms with Crippen molar-refractivity contribution in [3.05, 3.63) is 102 Å². The summed E-state index contributed by atoms with van der Waals surface area (Å²) >= 11 is 0. The zero-order valence-corrected chi connectivity index (χ0v) is 20.3. The summed E-state index contributed by atoms with van der Waals surface area (Å²) in [6, 6.07) is 24.5. The number of carbonyl (C=O) groups excluding carboxylic acids is 1. The number of nitrogens with one attached hydrogen (secondary N) is 1. The Labute approximate surface area is 204 Å². The van der Waals surface area contributed by atoms with Crippen molar-refractivity contribution >= 4 is 38.9 Å². The van der Waals surface area contributed by atoms with E-state index in [-0.39, 0.29) is 5.91 Å². The van der Waals surface area contributed by atoms with Crippen LogP contribution in [0.3, 0.4) is 0 Å². The van der Waals surface area contributed by atoms with E-state index in [1.54, 1.807) is 19.4 Å². The number of hydrogen-bond acceptors (Lipinski definition) is 3. The third-order valence-corrected chi connectivity index (χ3v) is 6.59. The lowest BCUT2D eigenvalue weighted by Crippen LogP contribution is -2.10. The first-order chi connectivity index (χ1) is 16.9. The molecule has 0 saturated carbocycles. The molecule has 5 rings (SSSR count). The molecule has 1 N–H and O–H groups in total. The smallest absolute Gasteiger partial charge is 0.248 e. The molecule has 0 unspecified atom stereocenters. The highest BCUT2D eigenvalue weighted by molar-refractivity contribution is 6.06. The number of hydrogen-bond donors (Lipinski definition) is 1. The quantitative estimate of drug-likeness (QED) is 0.270. The third-order valence-electron chi connectivity index (χ3n) is 6.59. The van der Waals surface area contributed by atoms with Crippen LogP contribution < -0.4 is 10.1 Å². The largest absolute Gasteiger partial charge is 0.496 e. The Morgan fingerprint density at radius 2 is 1.74 bits per heavy atom. The van der Waals surface area contributed by atoms with Gasteiger partial charge in [-0.05, 0) is 72.0 Å². The van der Waals surface area contributed by atoms with Gasteiger partial charge in [-0.3, -0.25) is 4.79 Å². The molecule has 1 heterocycles. The number of fused-ring (bicyclic) bond motifs is 2. The Balaban J connectivity index is 1.53. The molecular weight excluding hydrogens is 434 g/mol. The summed E-state index contributed by atoms with van der Waals surface area (Å²) in [5.41, 5.74) is 7.48. The number of allylic oxidation sites excluding steroid dienone is 1. The lowest BCUT2D eigenvalue weighted by Gasteiger charge is -2.11. The van der Waals surface area contributed by atoms with Crippen LogP contribution in [-0.4, -0.2) is 13.0 Å². The first-order valence-corrected chi connectivity index (χ1v) is 11.6. The fourth-order valence-electron chi connectivity index (χ4n) is 4.44. The van der Waals surface area contributed by atoms with Crippen LogP contribution in [0.4, 0.5) is 5.69 Å². The Bertz CT molecular complexity index is 1610. The molecule has 1 aromatic heterocycles. The van der Waals surface area contributed by atoms with Crippen LogP contribution in [0.25, 0.3) is 38.4 Å². The number of rotatable bonds is 5. The van der Waals surface area contributed by atoms with Crippen LogP contribution in [0.15, 0.2) is 89.6 Å². The molecule has 0 atom stereocenters. The third kappa shape index (κ3) is 4.31. The number of methoxy groups -OCH3 is 1. The Morgan fingerprint density at radius 1 is 0.943 bits per heavy atom. The minimum absolute atomic E-state index is 0.180. The van der Waals surface area contributed by atoms with Crippen molar-refractivity contribution in [3.8, 4) is 16.9 Å². The maximum atomic E-state index is 12.8. The lowest BCUT2D eigenvalue weighted by molar-refractivity contribution is -0.111. The number of benzene rings is 4. The van der Waals surface area contributed by atoms with Crippen molar-refractivity contribution in [2.75, 3.05) is 12.4 Å². The maximum absolute atomic E-state index is 12.8. The highest BCUT2D eigenvalue weighted by atomic mass is 16.5. The van der Waals surface area contributed by atoms with Crippen LogP contribution in [0.5, 0.6) is 5.75 Å². The van der Waals surface area contributed by atoms with Crippen LogP contribution >= 0.6 is 0 Å². The predicted molar refractivity (Wildman–Crippen MR) is 144 cm³/mol. The lowest BCUT2D eigenvalue weighted by atomic mass is 9.97. The van der Waals surface area contributed by atoms with E-state index in [0.717, 1.165) is 50.0 Å². The molecule has 174 valence electrons. The molecule has 35 heavy (non-hydrogen) atoms. The van der Waals surface area contributed by atoms with Gasteiger partial charge in [0, 0.05) is 34.3 Å². The maximum Gasteiger partial charge on any atom is 0.248 e. The SMILES string of the molecule is COc1cc2occ(-c3ccc4ccccc4c3)c2cc1/C(C)=C/C(=O)Nc1cccc(C)c1C. The summed E-state index contributed by atoms with van der Waals surface area (Å²) in [6.45, 7) is 5.96. The molecule has 4 aromatic carbocycles. The van der Waals surface area contributed by atoms with Crippen LogP contribution in [-0.2, 0) is 4.79 Å². The number of ether oxygens (including phenoxy) is 1. The van der Waals surface area contributed by atoms with Gasteiger partial charge >= 0.3 is 0 Å². The summed E-state index contributed by atoms with van der Waals surface area (Å²) in [6.07, 6.45) is 3.39. The van der Waals surface area contributed by atoms with Crippen molar-refractivity contribution in [2.45, 2.75) is 20.8 Å².